The first kappa shape index (κ1) is 19.0. The monoisotopic (exact) mass is 370 g/mol. The summed E-state index contributed by atoms with van der Waals surface area (Å²) in [4.78, 5) is 27.1. The molecule has 0 radical (unpaired) electrons. The average Bonchev–Trinajstić information content (AvgIpc) is 3.21. The second-order valence-corrected chi connectivity index (χ2v) is 6.98. The Morgan fingerprint density at radius 1 is 1.22 bits per heavy atom. The zero-order chi connectivity index (χ0) is 19.2. The minimum Gasteiger partial charge on any atom is -0.491 e. The van der Waals surface area contributed by atoms with Gasteiger partial charge < -0.3 is 19.4 Å². The molecule has 2 amide bonds. The summed E-state index contributed by atoms with van der Waals surface area (Å²) in [6, 6.07) is 10.5. The number of amides is 2. The quantitative estimate of drug-likeness (QED) is 0.846. The Morgan fingerprint density at radius 2 is 2.04 bits per heavy atom. The molecule has 6 heteroatoms. The lowest BCUT2D eigenvalue weighted by Gasteiger charge is -2.34. The summed E-state index contributed by atoms with van der Waals surface area (Å²) in [6.07, 6.45) is 4.00. The number of carbonyl (C=O) groups is 2. The first-order valence-corrected chi connectivity index (χ1v) is 9.43. The van der Waals surface area contributed by atoms with Crippen molar-refractivity contribution in [1.82, 2.24) is 10.2 Å². The Labute approximate surface area is 159 Å². The number of likely N-dealkylation sites (tertiary alicyclic amines) is 1. The van der Waals surface area contributed by atoms with E-state index in [1.807, 2.05) is 38.1 Å². The van der Waals surface area contributed by atoms with E-state index in [0.29, 0.717) is 19.5 Å². The Bertz CT molecular complexity index is 770. The molecule has 144 valence electrons. The fraction of sp³-hybridized carbons (Fsp3) is 0.429. The van der Waals surface area contributed by atoms with Gasteiger partial charge >= 0.3 is 0 Å². The van der Waals surface area contributed by atoms with Crippen LogP contribution in [-0.2, 0) is 11.3 Å². The Balaban J connectivity index is 1.67. The van der Waals surface area contributed by atoms with Crippen LogP contribution in [0, 0.1) is 0 Å². The van der Waals surface area contributed by atoms with E-state index in [1.165, 1.54) is 6.26 Å². The van der Waals surface area contributed by atoms with E-state index in [-0.39, 0.29) is 23.7 Å². The summed E-state index contributed by atoms with van der Waals surface area (Å²) in [6.45, 7) is 4.86. The zero-order valence-corrected chi connectivity index (χ0v) is 15.8. The van der Waals surface area contributed by atoms with Gasteiger partial charge in [-0.25, -0.2) is 0 Å². The minimum atomic E-state index is -0.477. The second kappa shape index (κ2) is 8.75. The first-order chi connectivity index (χ1) is 13.1. The van der Waals surface area contributed by atoms with Gasteiger partial charge in [0.1, 0.15) is 11.8 Å². The Morgan fingerprint density at radius 3 is 2.78 bits per heavy atom. The molecule has 0 spiro atoms. The van der Waals surface area contributed by atoms with Crippen molar-refractivity contribution < 1.29 is 18.7 Å². The topological polar surface area (TPSA) is 71.8 Å². The molecule has 2 aromatic rings. The lowest BCUT2D eigenvalue weighted by atomic mass is 10.0. The standard InChI is InChI=1S/C21H26N2O4/c1-15(2)27-18-10-4-3-8-16(18)14-22-20(24)17-9-5-6-12-23(17)21(25)19-11-7-13-26-19/h3-4,7-8,10-11,13,15,17H,5-6,9,12,14H2,1-2H3,(H,22,24)/t17-/m0/s1. The molecule has 1 aliphatic heterocycles. The van der Waals surface area contributed by atoms with Gasteiger partial charge in [-0.3, -0.25) is 9.59 Å². The van der Waals surface area contributed by atoms with Gasteiger partial charge in [0.2, 0.25) is 5.91 Å². The van der Waals surface area contributed by atoms with E-state index in [2.05, 4.69) is 5.32 Å². The van der Waals surface area contributed by atoms with E-state index >= 15 is 0 Å². The summed E-state index contributed by atoms with van der Waals surface area (Å²) in [5, 5.41) is 2.97. The van der Waals surface area contributed by atoms with E-state index < -0.39 is 6.04 Å². The Hall–Kier alpha value is -2.76. The summed E-state index contributed by atoms with van der Waals surface area (Å²) < 4.78 is 11.0. The molecule has 0 bridgehead atoms. The van der Waals surface area contributed by atoms with Crippen molar-refractivity contribution in [2.45, 2.75) is 51.8 Å². The smallest absolute Gasteiger partial charge is 0.290 e. The van der Waals surface area contributed by atoms with Crippen molar-refractivity contribution in [3.05, 3.63) is 54.0 Å². The number of benzene rings is 1. The number of nitrogens with zero attached hydrogens (tertiary/aromatic N) is 1. The fourth-order valence-electron chi connectivity index (χ4n) is 3.31. The molecule has 1 N–H and O–H groups in total. The molecule has 6 nitrogen and oxygen atoms in total. The van der Waals surface area contributed by atoms with Crippen LogP contribution in [0.1, 0.15) is 49.2 Å². The summed E-state index contributed by atoms with van der Waals surface area (Å²) in [5.41, 5.74) is 0.916. The van der Waals surface area contributed by atoms with Gasteiger partial charge in [-0.05, 0) is 51.3 Å². The van der Waals surface area contributed by atoms with E-state index in [1.54, 1.807) is 17.0 Å². The van der Waals surface area contributed by atoms with Gasteiger partial charge in [-0.2, -0.15) is 0 Å². The summed E-state index contributed by atoms with van der Waals surface area (Å²) in [5.74, 6) is 0.655. The molecule has 1 aliphatic rings. The predicted molar refractivity (Wildman–Crippen MR) is 101 cm³/mol. The number of nitrogens with one attached hydrogen (secondary N) is 1. The number of para-hydroxylation sites is 1. The van der Waals surface area contributed by atoms with Gasteiger partial charge in [0, 0.05) is 18.7 Å². The molecule has 27 heavy (non-hydrogen) atoms. The number of rotatable bonds is 6. The number of ether oxygens (including phenoxy) is 1. The van der Waals surface area contributed by atoms with E-state index in [4.69, 9.17) is 9.15 Å². The summed E-state index contributed by atoms with van der Waals surface area (Å²) in [7, 11) is 0. The van der Waals surface area contributed by atoms with Crippen molar-refractivity contribution in [3.63, 3.8) is 0 Å². The fourth-order valence-corrected chi connectivity index (χ4v) is 3.31. The van der Waals surface area contributed by atoms with Crippen molar-refractivity contribution in [2.75, 3.05) is 6.54 Å². The van der Waals surface area contributed by atoms with E-state index in [9.17, 15) is 9.59 Å². The van der Waals surface area contributed by atoms with Crippen molar-refractivity contribution in [1.29, 1.82) is 0 Å². The maximum absolute atomic E-state index is 12.8. The third kappa shape index (κ3) is 4.70. The van der Waals surface area contributed by atoms with Gasteiger partial charge in [-0.1, -0.05) is 18.2 Å². The highest BCUT2D eigenvalue weighted by atomic mass is 16.5. The molecule has 1 aromatic carbocycles. The van der Waals surface area contributed by atoms with Crippen LogP contribution in [0.2, 0.25) is 0 Å². The van der Waals surface area contributed by atoms with Crippen LogP contribution in [-0.4, -0.2) is 35.4 Å². The molecule has 1 fully saturated rings. The third-order valence-electron chi connectivity index (χ3n) is 4.59. The molecule has 1 aromatic heterocycles. The summed E-state index contributed by atoms with van der Waals surface area (Å²) >= 11 is 0. The van der Waals surface area contributed by atoms with Crippen LogP contribution < -0.4 is 10.1 Å². The molecule has 3 rings (SSSR count). The zero-order valence-electron chi connectivity index (χ0n) is 15.8. The molecular weight excluding hydrogens is 344 g/mol. The number of hydrogen-bond donors (Lipinski definition) is 1. The second-order valence-electron chi connectivity index (χ2n) is 6.98. The molecule has 0 unspecified atom stereocenters. The molecule has 2 heterocycles. The normalized spacial score (nSPS) is 17.0. The highest BCUT2D eigenvalue weighted by Gasteiger charge is 2.33. The Kier molecular flexibility index (Phi) is 6.16. The lowest BCUT2D eigenvalue weighted by Crippen LogP contribution is -2.51. The number of hydrogen-bond acceptors (Lipinski definition) is 4. The number of furan rings is 1. The lowest BCUT2D eigenvalue weighted by molar-refractivity contribution is -0.126. The van der Waals surface area contributed by atoms with Gasteiger partial charge in [0.25, 0.3) is 5.91 Å². The predicted octanol–water partition coefficient (Wildman–Crippen LogP) is 3.38. The number of carbonyl (C=O) groups excluding carboxylic acids is 2. The molecule has 0 saturated carbocycles. The van der Waals surface area contributed by atoms with Crippen LogP contribution in [0.25, 0.3) is 0 Å². The largest absolute Gasteiger partial charge is 0.491 e. The van der Waals surface area contributed by atoms with Crippen LogP contribution in [0.4, 0.5) is 0 Å². The van der Waals surface area contributed by atoms with Crippen LogP contribution in [0.5, 0.6) is 5.75 Å². The van der Waals surface area contributed by atoms with Crippen molar-refractivity contribution in [2.24, 2.45) is 0 Å². The van der Waals surface area contributed by atoms with E-state index in [0.717, 1.165) is 24.2 Å². The third-order valence-corrected chi connectivity index (χ3v) is 4.59. The SMILES string of the molecule is CC(C)Oc1ccccc1CNC(=O)[C@@H]1CCCCN1C(=O)c1ccco1. The highest BCUT2D eigenvalue weighted by molar-refractivity contribution is 5.95. The maximum Gasteiger partial charge on any atom is 0.290 e. The van der Waals surface area contributed by atoms with Gasteiger partial charge in [0.05, 0.1) is 12.4 Å². The molecule has 0 aliphatic carbocycles. The molecule has 1 saturated heterocycles. The number of piperidine rings is 1. The minimum absolute atomic E-state index is 0.0570. The van der Waals surface area contributed by atoms with Crippen LogP contribution >= 0.6 is 0 Å². The average molecular weight is 370 g/mol. The van der Waals surface area contributed by atoms with Crippen molar-refractivity contribution in [3.8, 4) is 5.75 Å². The van der Waals surface area contributed by atoms with Gasteiger partial charge in [-0.15, -0.1) is 0 Å². The van der Waals surface area contributed by atoms with Gasteiger partial charge in [0.15, 0.2) is 5.76 Å². The van der Waals surface area contributed by atoms with Crippen molar-refractivity contribution >= 4 is 11.8 Å². The highest BCUT2D eigenvalue weighted by Crippen LogP contribution is 2.22. The molecule has 1 atom stereocenters. The molecular formula is C21H26N2O4. The first-order valence-electron chi connectivity index (χ1n) is 9.43. The maximum atomic E-state index is 12.8. The van der Waals surface area contributed by atoms with Crippen LogP contribution in [0.3, 0.4) is 0 Å². The van der Waals surface area contributed by atoms with Crippen LogP contribution in [0.15, 0.2) is 47.1 Å².